The monoisotopic (exact) mass is 321 g/mol. The number of hydrogen-bond donors (Lipinski definition) is 1. The molecular formula is C16H19NO6. The zero-order valence-electron chi connectivity index (χ0n) is 12.7. The van der Waals surface area contributed by atoms with Crippen LogP contribution in [0.2, 0.25) is 0 Å². The first kappa shape index (κ1) is 20.4. The van der Waals surface area contributed by atoms with E-state index in [0.717, 1.165) is 0 Å². The molecule has 124 valence electrons. The molecule has 0 saturated heterocycles. The molecule has 0 aromatic rings. The Labute approximate surface area is 134 Å². The van der Waals surface area contributed by atoms with Crippen LogP contribution in [0.25, 0.3) is 0 Å². The fraction of sp³-hybridized carbons (Fsp3) is 0.500. The summed E-state index contributed by atoms with van der Waals surface area (Å²) in [5, 5.41) is 0. The highest BCUT2D eigenvalue weighted by Crippen LogP contribution is 2.02. The summed E-state index contributed by atoms with van der Waals surface area (Å²) < 4.78 is 8.92. The van der Waals surface area contributed by atoms with E-state index in [2.05, 4.69) is 21.3 Å². The van der Waals surface area contributed by atoms with Gasteiger partial charge in [0.15, 0.2) is 0 Å². The number of terminal acetylenes is 2. The first-order chi connectivity index (χ1) is 10.9. The van der Waals surface area contributed by atoms with Crippen molar-refractivity contribution in [1.82, 2.24) is 0 Å². The summed E-state index contributed by atoms with van der Waals surface area (Å²) in [6.07, 6.45) is 11.0. The predicted octanol–water partition coefficient (Wildman–Crippen LogP) is 0.450. The van der Waals surface area contributed by atoms with Crippen LogP contribution in [0.1, 0.15) is 44.9 Å². The van der Waals surface area contributed by atoms with E-state index in [-0.39, 0.29) is 12.8 Å². The first-order valence-corrected chi connectivity index (χ1v) is 7.01. The molecule has 0 aliphatic heterocycles. The van der Waals surface area contributed by atoms with E-state index in [0.29, 0.717) is 25.7 Å². The molecule has 0 saturated carbocycles. The second-order valence-electron chi connectivity index (χ2n) is 4.57. The fourth-order valence-electron chi connectivity index (χ4n) is 1.39. The molecule has 0 rings (SSSR count). The van der Waals surface area contributed by atoms with Crippen molar-refractivity contribution < 1.29 is 28.7 Å². The van der Waals surface area contributed by atoms with E-state index >= 15 is 0 Å². The van der Waals surface area contributed by atoms with Gasteiger partial charge in [-0.1, -0.05) is 0 Å². The van der Waals surface area contributed by atoms with Crippen molar-refractivity contribution in [1.29, 1.82) is 0 Å². The number of carbonyl (C=O) groups excluding carboxylic acids is 4. The average Bonchev–Trinajstić information content (AvgIpc) is 2.47. The lowest BCUT2D eigenvalue weighted by Crippen LogP contribution is -2.36. The number of carbonyl (C=O) groups is 4. The SMILES string of the molecule is C#CCCCC(=O)OC(=O)C[C@H](N)C(=O)OC(=O)CCCC#C. The largest absolute Gasteiger partial charge is 0.393 e. The van der Waals surface area contributed by atoms with Gasteiger partial charge in [0.2, 0.25) is 0 Å². The smallest absolute Gasteiger partial charge is 0.331 e. The van der Waals surface area contributed by atoms with Crippen LogP contribution >= 0.6 is 0 Å². The Hall–Kier alpha value is -2.64. The Bertz CT molecular complexity index is 526. The van der Waals surface area contributed by atoms with Gasteiger partial charge in [-0.05, 0) is 12.8 Å². The topological polar surface area (TPSA) is 113 Å². The fourth-order valence-corrected chi connectivity index (χ4v) is 1.39. The number of unbranched alkanes of at least 4 members (excludes halogenated alkanes) is 2. The van der Waals surface area contributed by atoms with Crippen molar-refractivity contribution >= 4 is 23.9 Å². The quantitative estimate of drug-likeness (QED) is 0.284. The van der Waals surface area contributed by atoms with Gasteiger partial charge in [0.05, 0.1) is 6.42 Å². The zero-order chi connectivity index (χ0) is 17.7. The molecule has 0 aromatic carbocycles. The maximum Gasteiger partial charge on any atom is 0.331 e. The van der Waals surface area contributed by atoms with Crippen LogP contribution in [0, 0.1) is 24.7 Å². The van der Waals surface area contributed by atoms with Crippen LogP contribution in [0.3, 0.4) is 0 Å². The van der Waals surface area contributed by atoms with E-state index in [1.54, 1.807) is 0 Å². The third-order valence-electron chi connectivity index (χ3n) is 2.54. The van der Waals surface area contributed by atoms with Gasteiger partial charge >= 0.3 is 23.9 Å². The highest BCUT2D eigenvalue weighted by Gasteiger charge is 2.23. The van der Waals surface area contributed by atoms with E-state index in [1.165, 1.54) is 0 Å². The van der Waals surface area contributed by atoms with Crippen LogP contribution in [0.15, 0.2) is 0 Å². The molecule has 1 atom stereocenters. The normalized spacial score (nSPS) is 10.7. The van der Waals surface area contributed by atoms with Crippen molar-refractivity contribution in [3.63, 3.8) is 0 Å². The highest BCUT2D eigenvalue weighted by molar-refractivity contribution is 5.92. The predicted molar refractivity (Wildman–Crippen MR) is 80.2 cm³/mol. The molecule has 0 radical (unpaired) electrons. The Balaban J connectivity index is 4.09. The Morgan fingerprint density at radius 1 is 0.870 bits per heavy atom. The van der Waals surface area contributed by atoms with Gasteiger partial charge in [-0.2, -0.15) is 0 Å². The highest BCUT2D eigenvalue weighted by atomic mass is 16.6. The van der Waals surface area contributed by atoms with E-state index in [9.17, 15) is 19.2 Å². The maximum absolute atomic E-state index is 11.5. The molecule has 0 aliphatic rings. The molecule has 0 aromatic heterocycles. The molecular weight excluding hydrogens is 302 g/mol. The van der Waals surface area contributed by atoms with Crippen LogP contribution < -0.4 is 5.73 Å². The van der Waals surface area contributed by atoms with Crippen molar-refractivity contribution in [3.05, 3.63) is 0 Å². The zero-order valence-corrected chi connectivity index (χ0v) is 12.7. The maximum atomic E-state index is 11.5. The van der Waals surface area contributed by atoms with Crippen molar-refractivity contribution in [2.45, 2.75) is 51.0 Å². The summed E-state index contributed by atoms with van der Waals surface area (Å²) in [4.78, 5) is 45.5. The molecule has 0 spiro atoms. The first-order valence-electron chi connectivity index (χ1n) is 7.01. The van der Waals surface area contributed by atoms with Crippen molar-refractivity contribution in [2.75, 3.05) is 0 Å². The van der Waals surface area contributed by atoms with E-state index in [4.69, 9.17) is 18.6 Å². The van der Waals surface area contributed by atoms with Gasteiger partial charge in [0.25, 0.3) is 0 Å². The molecule has 23 heavy (non-hydrogen) atoms. The summed E-state index contributed by atoms with van der Waals surface area (Å²) in [5.74, 6) is 1.12. The lowest BCUT2D eigenvalue weighted by atomic mass is 10.2. The number of nitrogens with two attached hydrogens (primary N) is 1. The van der Waals surface area contributed by atoms with Gasteiger partial charge in [-0.3, -0.25) is 14.4 Å². The summed E-state index contributed by atoms with van der Waals surface area (Å²) in [6.45, 7) is 0. The summed E-state index contributed by atoms with van der Waals surface area (Å²) >= 11 is 0. The summed E-state index contributed by atoms with van der Waals surface area (Å²) in [7, 11) is 0. The van der Waals surface area contributed by atoms with Gasteiger partial charge in [-0.15, -0.1) is 24.7 Å². The Morgan fingerprint density at radius 3 is 1.83 bits per heavy atom. The van der Waals surface area contributed by atoms with E-state index < -0.39 is 36.3 Å². The molecule has 0 aliphatic carbocycles. The van der Waals surface area contributed by atoms with Crippen LogP contribution in [-0.2, 0) is 28.7 Å². The molecule has 0 unspecified atom stereocenters. The second kappa shape index (κ2) is 12.0. The van der Waals surface area contributed by atoms with Gasteiger partial charge in [0, 0.05) is 25.7 Å². The third-order valence-corrected chi connectivity index (χ3v) is 2.54. The van der Waals surface area contributed by atoms with Crippen LogP contribution in [-0.4, -0.2) is 29.9 Å². The van der Waals surface area contributed by atoms with Crippen molar-refractivity contribution in [3.8, 4) is 24.7 Å². The molecule has 0 fully saturated rings. The molecule has 2 N–H and O–H groups in total. The lowest BCUT2D eigenvalue weighted by molar-refractivity contribution is -0.166. The van der Waals surface area contributed by atoms with Gasteiger partial charge < -0.3 is 15.2 Å². The number of ether oxygens (including phenoxy) is 2. The van der Waals surface area contributed by atoms with Gasteiger partial charge in [0.1, 0.15) is 6.04 Å². The van der Waals surface area contributed by atoms with Crippen LogP contribution in [0.5, 0.6) is 0 Å². The molecule has 0 heterocycles. The average molecular weight is 321 g/mol. The standard InChI is InChI=1S/C16H19NO6/c1-3-5-7-9-13(18)22-15(20)11-12(17)16(21)23-14(19)10-8-6-4-2/h1-2,12H,5-11,17H2/t12-/m0/s1. The minimum absolute atomic E-state index is 0.0106. The van der Waals surface area contributed by atoms with Crippen molar-refractivity contribution in [2.24, 2.45) is 5.73 Å². The molecule has 0 bridgehead atoms. The number of rotatable bonds is 9. The molecule has 7 nitrogen and oxygen atoms in total. The van der Waals surface area contributed by atoms with E-state index in [1.807, 2.05) is 0 Å². The number of hydrogen-bond acceptors (Lipinski definition) is 7. The number of esters is 4. The minimum Gasteiger partial charge on any atom is -0.393 e. The van der Waals surface area contributed by atoms with Crippen LogP contribution in [0.4, 0.5) is 0 Å². The summed E-state index contributed by atoms with van der Waals surface area (Å²) in [5.41, 5.74) is 5.42. The Kier molecular flexibility index (Phi) is 10.6. The lowest BCUT2D eigenvalue weighted by Gasteiger charge is -2.09. The second-order valence-corrected chi connectivity index (χ2v) is 4.57. The third kappa shape index (κ3) is 10.7. The van der Waals surface area contributed by atoms with Gasteiger partial charge in [-0.25, -0.2) is 4.79 Å². The summed E-state index contributed by atoms with van der Waals surface area (Å²) in [6, 6.07) is -1.39. The molecule has 7 heteroatoms. The molecule has 0 amide bonds. The Morgan fingerprint density at radius 2 is 1.35 bits per heavy atom. The minimum atomic E-state index is -1.39.